The number of carbonyl (C=O) groups excluding carboxylic acids is 1. The van der Waals surface area contributed by atoms with Gasteiger partial charge in [0.05, 0.1) is 23.6 Å². The van der Waals surface area contributed by atoms with Crippen LogP contribution in [0.4, 0.5) is 11.4 Å². The summed E-state index contributed by atoms with van der Waals surface area (Å²) in [7, 11) is 0. The Morgan fingerprint density at radius 3 is 2.44 bits per heavy atom. The highest BCUT2D eigenvalue weighted by atomic mass is 16.6. The smallest absolute Gasteiger partial charge is 0.273 e. The largest absolute Gasteiger partial charge is 0.492 e. The second-order valence-corrected chi connectivity index (χ2v) is 6.33. The summed E-state index contributed by atoms with van der Waals surface area (Å²) in [6, 6.07) is 14.3. The maximum absolute atomic E-state index is 12.6. The monoisotopic (exact) mass is 369 g/mol. The molecule has 1 amide bonds. The van der Waals surface area contributed by atoms with Crippen LogP contribution in [0.5, 0.6) is 5.75 Å². The lowest BCUT2D eigenvalue weighted by Gasteiger charge is -2.36. The topological polar surface area (TPSA) is 75.9 Å². The Morgan fingerprint density at radius 1 is 1.07 bits per heavy atom. The first-order valence-corrected chi connectivity index (χ1v) is 9.07. The number of rotatable bonds is 6. The van der Waals surface area contributed by atoms with Gasteiger partial charge in [-0.2, -0.15) is 0 Å². The molecule has 142 valence electrons. The van der Waals surface area contributed by atoms with Gasteiger partial charge >= 0.3 is 0 Å². The molecule has 3 rings (SSSR count). The van der Waals surface area contributed by atoms with Gasteiger partial charge in [-0.3, -0.25) is 14.9 Å². The van der Waals surface area contributed by atoms with Gasteiger partial charge in [-0.05, 0) is 19.1 Å². The van der Waals surface area contributed by atoms with Crippen LogP contribution >= 0.6 is 0 Å². The van der Waals surface area contributed by atoms with E-state index in [0.29, 0.717) is 38.3 Å². The minimum Gasteiger partial charge on any atom is -0.492 e. The maximum atomic E-state index is 12.6. The number of carbonyl (C=O) groups is 1. The lowest BCUT2D eigenvalue weighted by Crippen LogP contribution is -2.49. The molecular formula is C20H23N3O4. The number of para-hydroxylation sites is 3. The number of piperazine rings is 1. The molecule has 1 aliphatic heterocycles. The van der Waals surface area contributed by atoms with Crippen molar-refractivity contribution in [2.45, 2.75) is 13.3 Å². The molecule has 1 aliphatic rings. The first kappa shape index (κ1) is 18.7. The minimum absolute atomic E-state index is 0.00451. The van der Waals surface area contributed by atoms with Crippen LogP contribution in [0, 0.1) is 10.1 Å². The number of amides is 1. The van der Waals surface area contributed by atoms with Gasteiger partial charge in [-0.1, -0.05) is 30.3 Å². The molecule has 0 spiro atoms. The van der Waals surface area contributed by atoms with Crippen molar-refractivity contribution in [3.8, 4) is 5.75 Å². The van der Waals surface area contributed by atoms with Crippen molar-refractivity contribution >= 4 is 17.3 Å². The Bertz CT molecular complexity index is 816. The summed E-state index contributed by atoms with van der Waals surface area (Å²) in [6.45, 7) is 5.13. The molecule has 1 saturated heterocycles. The first-order valence-electron chi connectivity index (χ1n) is 9.07. The molecule has 0 unspecified atom stereocenters. The molecule has 7 nitrogen and oxygen atoms in total. The third-order valence-corrected chi connectivity index (χ3v) is 4.67. The summed E-state index contributed by atoms with van der Waals surface area (Å²) in [5, 5.41) is 11.1. The number of nitrogens with zero attached hydrogens (tertiary/aromatic N) is 3. The number of hydrogen-bond acceptors (Lipinski definition) is 5. The van der Waals surface area contributed by atoms with Gasteiger partial charge < -0.3 is 14.5 Å². The van der Waals surface area contributed by atoms with Crippen molar-refractivity contribution in [3.05, 3.63) is 64.2 Å². The molecule has 0 aliphatic carbocycles. The van der Waals surface area contributed by atoms with Crippen LogP contribution in [-0.4, -0.2) is 48.5 Å². The quantitative estimate of drug-likeness (QED) is 0.578. The maximum Gasteiger partial charge on any atom is 0.273 e. The fourth-order valence-corrected chi connectivity index (χ4v) is 3.31. The molecule has 0 atom stereocenters. The second kappa shape index (κ2) is 8.53. The van der Waals surface area contributed by atoms with E-state index in [1.165, 1.54) is 6.07 Å². The van der Waals surface area contributed by atoms with E-state index < -0.39 is 4.92 Å². The van der Waals surface area contributed by atoms with E-state index in [1.807, 2.05) is 31.2 Å². The Labute approximate surface area is 158 Å². The zero-order chi connectivity index (χ0) is 19.2. The zero-order valence-corrected chi connectivity index (χ0v) is 15.3. The van der Waals surface area contributed by atoms with Crippen molar-refractivity contribution in [2.24, 2.45) is 0 Å². The standard InChI is InChI=1S/C20H23N3O4/c1-2-27-19-10-6-5-9-18(19)21-11-13-22(14-12-21)20(24)15-16-7-3-4-8-17(16)23(25)26/h3-10H,2,11-15H2,1H3. The highest BCUT2D eigenvalue weighted by Crippen LogP contribution is 2.29. The number of hydrogen-bond donors (Lipinski definition) is 0. The summed E-state index contributed by atoms with van der Waals surface area (Å²) in [6.07, 6.45) is 0.0483. The second-order valence-electron chi connectivity index (χ2n) is 6.33. The van der Waals surface area contributed by atoms with Crippen LogP contribution in [0.25, 0.3) is 0 Å². The van der Waals surface area contributed by atoms with E-state index in [9.17, 15) is 14.9 Å². The molecule has 0 bridgehead atoms. The molecule has 27 heavy (non-hydrogen) atoms. The van der Waals surface area contributed by atoms with Gasteiger partial charge in [-0.15, -0.1) is 0 Å². The minimum atomic E-state index is -0.439. The third-order valence-electron chi connectivity index (χ3n) is 4.67. The molecule has 0 saturated carbocycles. The molecular weight excluding hydrogens is 346 g/mol. The average molecular weight is 369 g/mol. The Hall–Kier alpha value is -3.09. The fourth-order valence-electron chi connectivity index (χ4n) is 3.31. The molecule has 7 heteroatoms. The highest BCUT2D eigenvalue weighted by Gasteiger charge is 2.24. The number of ether oxygens (including phenoxy) is 1. The van der Waals surface area contributed by atoms with Gasteiger partial charge in [0.2, 0.25) is 5.91 Å². The zero-order valence-electron chi connectivity index (χ0n) is 15.3. The van der Waals surface area contributed by atoms with Gasteiger partial charge in [-0.25, -0.2) is 0 Å². The summed E-state index contributed by atoms with van der Waals surface area (Å²) in [4.78, 5) is 27.3. The van der Waals surface area contributed by atoms with Crippen molar-refractivity contribution in [1.82, 2.24) is 4.90 Å². The normalized spacial score (nSPS) is 14.1. The molecule has 0 N–H and O–H groups in total. The van der Waals surface area contributed by atoms with Crippen LogP contribution in [0.1, 0.15) is 12.5 Å². The summed E-state index contributed by atoms with van der Waals surface area (Å²) >= 11 is 0. The molecule has 2 aromatic carbocycles. The molecule has 1 heterocycles. The van der Waals surface area contributed by atoms with E-state index in [0.717, 1.165) is 11.4 Å². The van der Waals surface area contributed by atoms with Crippen molar-refractivity contribution in [2.75, 3.05) is 37.7 Å². The Morgan fingerprint density at radius 2 is 1.74 bits per heavy atom. The molecule has 0 radical (unpaired) electrons. The van der Waals surface area contributed by atoms with Crippen molar-refractivity contribution in [1.29, 1.82) is 0 Å². The lowest BCUT2D eigenvalue weighted by molar-refractivity contribution is -0.385. The third kappa shape index (κ3) is 4.36. The van der Waals surface area contributed by atoms with Crippen molar-refractivity contribution < 1.29 is 14.5 Å². The summed E-state index contributed by atoms with van der Waals surface area (Å²) < 4.78 is 5.69. The van der Waals surface area contributed by atoms with Gasteiger partial charge in [0.15, 0.2) is 0 Å². The number of nitro groups is 1. The van der Waals surface area contributed by atoms with E-state index in [1.54, 1.807) is 23.1 Å². The Balaban J connectivity index is 1.63. The Kier molecular flexibility index (Phi) is 5.90. The highest BCUT2D eigenvalue weighted by molar-refractivity contribution is 5.80. The number of benzene rings is 2. The van der Waals surface area contributed by atoms with Crippen LogP contribution in [0.3, 0.4) is 0 Å². The summed E-state index contributed by atoms with van der Waals surface area (Å²) in [5.41, 5.74) is 1.48. The molecule has 0 aromatic heterocycles. The van der Waals surface area contributed by atoms with Crippen LogP contribution in [0.2, 0.25) is 0 Å². The first-order chi connectivity index (χ1) is 13.1. The van der Waals surface area contributed by atoms with E-state index in [4.69, 9.17) is 4.74 Å². The number of anilines is 1. The van der Waals surface area contributed by atoms with Gasteiger partial charge in [0.1, 0.15) is 5.75 Å². The lowest BCUT2D eigenvalue weighted by atomic mass is 10.1. The predicted octanol–water partition coefficient (Wildman–Crippen LogP) is 2.88. The van der Waals surface area contributed by atoms with Crippen LogP contribution in [-0.2, 0) is 11.2 Å². The number of nitro benzene ring substituents is 1. The molecule has 2 aromatic rings. The van der Waals surface area contributed by atoms with Crippen LogP contribution in [0.15, 0.2) is 48.5 Å². The molecule has 1 fully saturated rings. The fraction of sp³-hybridized carbons (Fsp3) is 0.350. The van der Waals surface area contributed by atoms with E-state index in [-0.39, 0.29) is 18.0 Å². The summed E-state index contributed by atoms with van der Waals surface area (Å²) in [5.74, 6) is 0.765. The van der Waals surface area contributed by atoms with E-state index >= 15 is 0 Å². The van der Waals surface area contributed by atoms with Gasteiger partial charge in [0.25, 0.3) is 5.69 Å². The SMILES string of the molecule is CCOc1ccccc1N1CCN(C(=O)Cc2ccccc2[N+](=O)[O-])CC1. The average Bonchev–Trinajstić information content (AvgIpc) is 2.69. The van der Waals surface area contributed by atoms with Crippen molar-refractivity contribution in [3.63, 3.8) is 0 Å². The van der Waals surface area contributed by atoms with E-state index in [2.05, 4.69) is 4.90 Å². The predicted molar refractivity (Wildman–Crippen MR) is 103 cm³/mol. The van der Waals surface area contributed by atoms with Gasteiger partial charge in [0, 0.05) is 37.8 Å². The van der Waals surface area contributed by atoms with Crippen LogP contribution < -0.4 is 9.64 Å².